The zero-order valence-electron chi connectivity index (χ0n) is 16.1. The van der Waals surface area contributed by atoms with Crippen LogP contribution in [0.3, 0.4) is 0 Å². The Hall–Kier alpha value is -1.61. The largest absolute Gasteiger partial charge is 0.381 e. The van der Waals surface area contributed by atoms with Crippen molar-refractivity contribution in [1.29, 1.82) is 0 Å². The molecule has 8 nitrogen and oxygen atoms in total. The van der Waals surface area contributed by atoms with Gasteiger partial charge in [0.2, 0.25) is 23.6 Å². The Balaban J connectivity index is 0.000000508. The number of hydrogen-bond acceptors (Lipinski definition) is 6. The van der Waals surface area contributed by atoms with Gasteiger partial charge in [-0.1, -0.05) is 6.92 Å². The topological polar surface area (TPSA) is 105 Å². The predicted octanol–water partition coefficient (Wildman–Crippen LogP) is 0.552. The molecule has 4 amide bonds. The summed E-state index contributed by atoms with van der Waals surface area (Å²) in [7, 11) is 1.53. The van der Waals surface area contributed by atoms with E-state index >= 15 is 0 Å². The van der Waals surface area contributed by atoms with Crippen molar-refractivity contribution in [2.24, 2.45) is 0 Å². The summed E-state index contributed by atoms with van der Waals surface area (Å²) in [6.07, 6.45) is 3.70. The molecule has 0 aromatic rings. The molecule has 1 aliphatic rings. The summed E-state index contributed by atoms with van der Waals surface area (Å²) in [6.45, 7) is 6.12. The highest BCUT2D eigenvalue weighted by molar-refractivity contribution is 8.00. The van der Waals surface area contributed by atoms with E-state index < -0.39 is 0 Å². The second kappa shape index (κ2) is 14.5. The fourth-order valence-corrected chi connectivity index (χ4v) is 2.71. The third-order valence-corrected chi connectivity index (χ3v) is 4.52. The summed E-state index contributed by atoms with van der Waals surface area (Å²) in [4.78, 5) is 46.0. The highest BCUT2D eigenvalue weighted by atomic mass is 32.2. The van der Waals surface area contributed by atoms with E-state index in [0.717, 1.165) is 13.0 Å². The molecule has 0 spiro atoms. The predicted molar refractivity (Wildman–Crippen MR) is 102 cm³/mol. The van der Waals surface area contributed by atoms with Gasteiger partial charge in [-0.15, -0.1) is 0 Å². The first-order valence-corrected chi connectivity index (χ1v) is 10.1. The number of thioether (sulfide) groups is 1. The quantitative estimate of drug-likeness (QED) is 0.418. The van der Waals surface area contributed by atoms with Gasteiger partial charge in [0.25, 0.3) is 0 Å². The molecule has 0 radical (unpaired) electrons. The highest BCUT2D eigenvalue weighted by Crippen LogP contribution is 2.22. The normalized spacial score (nSPS) is 16.2. The minimum absolute atomic E-state index is 0.0836. The zero-order chi connectivity index (χ0) is 19.9. The third-order valence-electron chi connectivity index (χ3n) is 3.58. The Morgan fingerprint density at radius 2 is 1.92 bits per heavy atom. The molecule has 0 saturated carbocycles. The number of nitrogens with one attached hydrogen (secondary N) is 2. The van der Waals surface area contributed by atoms with Crippen molar-refractivity contribution in [3.05, 3.63) is 0 Å². The van der Waals surface area contributed by atoms with Gasteiger partial charge in [0.15, 0.2) is 0 Å². The smallest absolute Gasteiger partial charge is 0.242 e. The summed E-state index contributed by atoms with van der Waals surface area (Å²) in [5.74, 6) is -0.428. The fraction of sp³-hybridized carbons (Fsp3) is 0.765. The van der Waals surface area contributed by atoms with Crippen LogP contribution >= 0.6 is 11.8 Å². The lowest BCUT2D eigenvalue weighted by molar-refractivity contribution is -0.138. The van der Waals surface area contributed by atoms with Crippen LogP contribution in [-0.4, -0.2) is 73.4 Å². The van der Waals surface area contributed by atoms with Crippen LogP contribution in [0.25, 0.3) is 0 Å². The number of carbonyl (C=O) groups excluding carboxylic acids is 4. The summed E-state index contributed by atoms with van der Waals surface area (Å²) in [6, 6.07) is 0. The zero-order valence-corrected chi connectivity index (χ0v) is 16.9. The van der Waals surface area contributed by atoms with E-state index in [4.69, 9.17) is 4.74 Å². The number of nitrogens with zero attached hydrogens (tertiary/aromatic N) is 1. The maximum atomic E-state index is 11.6. The molecule has 9 heteroatoms. The number of ether oxygens (including phenoxy) is 1. The molecule has 0 aromatic carbocycles. The summed E-state index contributed by atoms with van der Waals surface area (Å²) < 4.78 is 5.02. The van der Waals surface area contributed by atoms with Gasteiger partial charge in [0.1, 0.15) is 0 Å². The lowest BCUT2D eigenvalue weighted by Crippen LogP contribution is -2.34. The van der Waals surface area contributed by atoms with E-state index in [9.17, 15) is 19.2 Å². The minimum atomic E-state index is -0.262. The van der Waals surface area contributed by atoms with Crippen molar-refractivity contribution < 1.29 is 23.9 Å². The van der Waals surface area contributed by atoms with Crippen LogP contribution < -0.4 is 10.6 Å². The Morgan fingerprint density at radius 3 is 2.42 bits per heavy atom. The van der Waals surface area contributed by atoms with Crippen molar-refractivity contribution in [1.82, 2.24) is 15.5 Å². The van der Waals surface area contributed by atoms with Crippen LogP contribution in [0, 0.1) is 0 Å². The van der Waals surface area contributed by atoms with E-state index in [0.29, 0.717) is 19.6 Å². The molecule has 1 atom stereocenters. The average molecular weight is 390 g/mol. The van der Waals surface area contributed by atoms with Crippen molar-refractivity contribution in [3.8, 4) is 0 Å². The van der Waals surface area contributed by atoms with Crippen LogP contribution in [0.15, 0.2) is 0 Å². The van der Waals surface area contributed by atoms with Crippen molar-refractivity contribution in [2.45, 2.75) is 44.8 Å². The lowest BCUT2D eigenvalue weighted by Gasteiger charge is -2.13. The molecule has 26 heavy (non-hydrogen) atoms. The first-order chi connectivity index (χ1) is 12.4. The van der Waals surface area contributed by atoms with E-state index in [1.165, 1.54) is 23.7 Å². The summed E-state index contributed by atoms with van der Waals surface area (Å²) in [5.41, 5.74) is 0. The van der Waals surface area contributed by atoms with E-state index in [-0.39, 0.29) is 48.3 Å². The maximum Gasteiger partial charge on any atom is 0.242 e. The van der Waals surface area contributed by atoms with Gasteiger partial charge in [-0.2, -0.15) is 11.8 Å². The van der Waals surface area contributed by atoms with Crippen LogP contribution in [0.4, 0.5) is 0 Å². The highest BCUT2D eigenvalue weighted by Gasteiger charge is 2.37. The Morgan fingerprint density at radius 1 is 1.23 bits per heavy atom. The molecule has 1 aliphatic heterocycles. The molecular formula is C17H31N3O5S. The van der Waals surface area contributed by atoms with Crippen molar-refractivity contribution in [2.75, 3.05) is 39.6 Å². The molecule has 2 N–H and O–H groups in total. The third kappa shape index (κ3) is 9.76. The van der Waals surface area contributed by atoms with Gasteiger partial charge in [-0.25, -0.2) is 0 Å². The van der Waals surface area contributed by atoms with E-state index in [2.05, 4.69) is 10.6 Å². The minimum Gasteiger partial charge on any atom is -0.381 e. The van der Waals surface area contributed by atoms with E-state index in [1.54, 1.807) is 6.26 Å². The van der Waals surface area contributed by atoms with Gasteiger partial charge in [0.05, 0.1) is 11.9 Å². The van der Waals surface area contributed by atoms with Crippen LogP contribution in [0.2, 0.25) is 0 Å². The standard InChI is InChI=1S/C9H14N2O3S.C8H17NO2/c1-10-7(12)3-4-11-8(13)5-6(15-2)9(11)14;1-3-6-9-8(10)5-7-11-4-2/h6H,3-5H2,1-2H3,(H,10,12);3-7H2,1-2H3,(H,9,10). The molecule has 1 fully saturated rings. The van der Waals surface area contributed by atoms with Gasteiger partial charge in [-0.05, 0) is 19.6 Å². The monoisotopic (exact) mass is 389 g/mol. The van der Waals surface area contributed by atoms with Crippen LogP contribution in [0.5, 0.6) is 0 Å². The Kier molecular flexibility index (Phi) is 13.6. The number of likely N-dealkylation sites (tertiary alicyclic amines) is 1. The second-order valence-electron chi connectivity index (χ2n) is 5.53. The van der Waals surface area contributed by atoms with Gasteiger partial charge < -0.3 is 15.4 Å². The lowest BCUT2D eigenvalue weighted by atomic mass is 10.3. The number of imide groups is 1. The van der Waals surface area contributed by atoms with E-state index in [1.807, 2.05) is 13.8 Å². The molecular weight excluding hydrogens is 358 g/mol. The number of amides is 4. The molecule has 0 aliphatic carbocycles. The van der Waals surface area contributed by atoms with Crippen LogP contribution in [0.1, 0.15) is 39.5 Å². The average Bonchev–Trinajstić information content (AvgIpc) is 2.91. The number of rotatable bonds is 10. The van der Waals surface area contributed by atoms with Gasteiger partial charge in [-0.3, -0.25) is 24.1 Å². The van der Waals surface area contributed by atoms with Crippen LogP contribution in [-0.2, 0) is 23.9 Å². The Labute approximate surface area is 159 Å². The molecule has 1 heterocycles. The number of carbonyl (C=O) groups is 4. The van der Waals surface area contributed by atoms with Crippen molar-refractivity contribution >= 4 is 35.4 Å². The summed E-state index contributed by atoms with van der Waals surface area (Å²) in [5, 5.41) is 4.96. The SMILES string of the molecule is CCCNC(=O)CCOCC.CNC(=O)CCN1C(=O)CC(SC)C1=O. The van der Waals surface area contributed by atoms with Gasteiger partial charge >= 0.3 is 0 Å². The molecule has 1 saturated heterocycles. The molecule has 1 unspecified atom stereocenters. The van der Waals surface area contributed by atoms with Crippen molar-refractivity contribution in [3.63, 3.8) is 0 Å². The molecule has 0 bridgehead atoms. The summed E-state index contributed by atoms with van der Waals surface area (Å²) >= 11 is 1.38. The Bertz CT molecular complexity index is 473. The van der Waals surface area contributed by atoms with Gasteiger partial charge in [0, 0.05) is 46.0 Å². The first-order valence-electron chi connectivity index (χ1n) is 8.83. The molecule has 0 aromatic heterocycles. The molecule has 150 valence electrons. The fourth-order valence-electron chi connectivity index (χ4n) is 2.07. The number of hydrogen-bond donors (Lipinski definition) is 2. The molecule has 1 rings (SSSR count). The first kappa shape index (κ1) is 24.4. The second-order valence-corrected chi connectivity index (χ2v) is 6.57. The maximum absolute atomic E-state index is 11.6.